The van der Waals surface area contributed by atoms with Crippen LogP contribution in [0.2, 0.25) is 0 Å². The molecule has 0 aliphatic carbocycles. The summed E-state index contributed by atoms with van der Waals surface area (Å²) in [6.45, 7) is 7.50. The van der Waals surface area contributed by atoms with Gasteiger partial charge in [-0.05, 0) is 71.2 Å². The van der Waals surface area contributed by atoms with Crippen LogP contribution in [0.4, 0.5) is 11.6 Å². The zero-order valence-electron chi connectivity index (χ0n) is 18.4. The first-order chi connectivity index (χ1) is 14.7. The van der Waals surface area contributed by atoms with Gasteiger partial charge in [0.05, 0.1) is 18.7 Å². The van der Waals surface area contributed by atoms with Gasteiger partial charge in [-0.2, -0.15) is 0 Å². The minimum Gasteiger partial charge on any atom is -0.370 e. The van der Waals surface area contributed by atoms with Crippen molar-refractivity contribution < 1.29 is 4.79 Å². The summed E-state index contributed by atoms with van der Waals surface area (Å²) in [5, 5.41) is 7.01. The van der Waals surface area contributed by atoms with Gasteiger partial charge in [0.2, 0.25) is 5.91 Å². The third-order valence-electron chi connectivity index (χ3n) is 6.68. The number of fused-ring (bicyclic) bond motifs is 1. The predicted molar refractivity (Wildman–Crippen MR) is 120 cm³/mol. The Morgan fingerprint density at radius 2 is 1.97 bits per heavy atom. The second-order valence-electron chi connectivity index (χ2n) is 8.92. The SMILES string of the molecule is CN1CC(=O)N(C2CCCNCC2)Cc2c(NCCCN3CCCCC3)ncnc21. The van der Waals surface area contributed by atoms with Crippen molar-refractivity contribution in [2.45, 2.75) is 57.5 Å². The van der Waals surface area contributed by atoms with E-state index in [0.717, 1.165) is 69.1 Å². The first-order valence-corrected chi connectivity index (χ1v) is 11.7. The lowest BCUT2D eigenvalue weighted by molar-refractivity contribution is -0.132. The van der Waals surface area contributed by atoms with Crippen molar-refractivity contribution in [3.63, 3.8) is 0 Å². The molecule has 1 aromatic heterocycles. The van der Waals surface area contributed by atoms with Gasteiger partial charge in [0.15, 0.2) is 0 Å². The van der Waals surface area contributed by atoms with Crippen LogP contribution in [0.15, 0.2) is 6.33 Å². The van der Waals surface area contributed by atoms with Crippen molar-refractivity contribution in [2.24, 2.45) is 0 Å². The molecule has 0 aromatic carbocycles. The van der Waals surface area contributed by atoms with Gasteiger partial charge in [0.1, 0.15) is 18.0 Å². The molecule has 0 bridgehead atoms. The van der Waals surface area contributed by atoms with Gasteiger partial charge < -0.3 is 25.3 Å². The highest BCUT2D eigenvalue weighted by Crippen LogP contribution is 2.29. The Hall–Kier alpha value is -1.93. The maximum absolute atomic E-state index is 13.0. The number of nitrogens with zero attached hydrogens (tertiary/aromatic N) is 5. The molecule has 3 aliphatic heterocycles. The number of rotatable bonds is 6. The number of piperidine rings is 1. The molecule has 0 saturated carbocycles. The van der Waals surface area contributed by atoms with Gasteiger partial charge in [-0.25, -0.2) is 9.97 Å². The number of amides is 1. The van der Waals surface area contributed by atoms with E-state index in [1.807, 2.05) is 11.9 Å². The highest BCUT2D eigenvalue weighted by Gasteiger charge is 2.31. The maximum atomic E-state index is 13.0. The minimum absolute atomic E-state index is 0.193. The third-order valence-corrected chi connectivity index (χ3v) is 6.68. The van der Waals surface area contributed by atoms with Crippen molar-refractivity contribution in [2.75, 3.05) is 63.1 Å². The number of likely N-dealkylation sites (tertiary alicyclic amines) is 1. The number of aromatic nitrogens is 2. The van der Waals surface area contributed by atoms with Gasteiger partial charge in [0, 0.05) is 19.6 Å². The van der Waals surface area contributed by atoms with Crippen LogP contribution in [0.3, 0.4) is 0 Å². The summed E-state index contributed by atoms with van der Waals surface area (Å²) in [5.41, 5.74) is 1.06. The summed E-state index contributed by atoms with van der Waals surface area (Å²) < 4.78 is 0. The zero-order chi connectivity index (χ0) is 20.8. The molecule has 0 spiro atoms. The molecule has 2 N–H and O–H groups in total. The number of anilines is 2. The highest BCUT2D eigenvalue weighted by molar-refractivity contribution is 5.83. The van der Waals surface area contributed by atoms with Crippen molar-refractivity contribution in [3.8, 4) is 0 Å². The van der Waals surface area contributed by atoms with Gasteiger partial charge in [-0.15, -0.1) is 0 Å². The summed E-state index contributed by atoms with van der Waals surface area (Å²) in [5.74, 6) is 1.96. The zero-order valence-corrected chi connectivity index (χ0v) is 18.4. The molecule has 2 saturated heterocycles. The van der Waals surface area contributed by atoms with E-state index >= 15 is 0 Å². The minimum atomic E-state index is 0.193. The Balaban J connectivity index is 1.43. The van der Waals surface area contributed by atoms with E-state index in [-0.39, 0.29) is 5.91 Å². The van der Waals surface area contributed by atoms with Gasteiger partial charge in [0.25, 0.3) is 0 Å². The summed E-state index contributed by atoms with van der Waals surface area (Å²) in [6.07, 6.45) is 9.95. The molecule has 166 valence electrons. The maximum Gasteiger partial charge on any atom is 0.242 e. The fraction of sp³-hybridized carbons (Fsp3) is 0.773. The number of nitrogens with one attached hydrogen (secondary N) is 2. The fourth-order valence-corrected chi connectivity index (χ4v) is 4.99. The Labute approximate surface area is 180 Å². The Bertz CT molecular complexity index is 699. The lowest BCUT2D eigenvalue weighted by atomic mass is 10.1. The Morgan fingerprint density at radius 1 is 1.10 bits per heavy atom. The molecule has 1 unspecified atom stereocenters. The Morgan fingerprint density at radius 3 is 2.83 bits per heavy atom. The first kappa shape index (κ1) is 21.3. The topological polar surface area (TPSA) is 76.6 Å². The molecular formula is C22H37N7O. The van der Waals surface area contributed by atoms with Gasteiger partial charge in [-0.1, -0.05) is 6.42 Å². The average molecular weight is 416 g/mol. The van der Waals surface area contributed by atoms with E-state index in [1.165, 1.54) is 32.4 Å². The summed E-state index contributed by atoms with van der Waals surface area (Å²) in [4.78, 5) is 28.8. The van der Waals surface area contributed by atoms with Crippen LogP contribution >= 0.6 is 0 Å². The van der Waals surface area contributed by atoms with Crippen LogP contribution in [0.1, 0.15) is 50.5 Å². The summed E-state index contributed by atoms with van der Waals surface area (Å²) in [7, 11) is 1.96. The number of likely N-dealkylation sites (N-methyl/N-ethyl adjacent to an activating group) is 1. The molecule has 30 heavy (non-hydrogen) atoms. The standard InChI is InChI=1S/C22H37N7O/c1-27-16-20(30)29(18-7-5-9-23-11-8-18)15-19-21(25-17-26-22(19)27)24-10-6-14-28-12-3-2-4-13-28/h17-18,23H,2-16H2,1H3,(H,24,25,26). The van der Waals surface area contributed by atoms with Crippen molar-refractivity contribution in [1.82, 2.24) is 25.1 Å². The Kier molecular flexibility index (Phi) is 7.38. The molecule has 0 radical (unpaired) electrons. The van der Waals surface area contributed by atoms with Crippen molar-refractivity contribution in [1.29, 1.82) is 0 Å². The molecule has 4 heterocycles. The van der Waals surface area contributed by atoms with E-state index in [4.69, 9.17) is 0 Å². The van der Waals surface area contributed by atoms with Crippen LogP contribution in [0, 0.1) is 0 Å². The van der Waals surface area contributed by atoms with Crippen molar-refractivity contribution in [3.05, 3.63) is 11.9 Å². The number of hydrogen-bond donors (Lipinski definition) is 2. The predicted octanol–water partition coefficient (Wildman–Crippen LogP) is 1.69. The number of carbonyl (C=O) groups is 1. The van der Waals surface area contributed by atoms with Crippen LogP contribution in [0.5, 0.6) is 0 Å². The van der Waals surface area contributed by atoms with Crippen LogP contribution in [-0.4, -0.2) is 84.6 Å². The smallest absolute Gasteiger partial charge is 0.242 e. The lowest BCUT2D eigenvalue weighted by Crippen LogP contribution is -2.43. The molecule has 8 nitrogen and oxygen atoms in total. The number of hydrogen-bond acceptors (Lipinski definition) is 7. The number of carbonyl (C=O) groups excluding carboxylic acids is 1. The second-order valence-corrected chi connectivity index (χ2v) is 8.92. The van der Waals surface area contributed by atoms with Gasteiger partial charge >= 0.3 is 0 Å². The molecule has 3 aliphatic rings. The molecular weight excluding hydrogens is 378 g/mol. The largest absolute Gasteiger partial charge is 0.370 e. The molecule has 1 aromatic rings. The highest BCUT2D eigenvalue weighted by atomic mass is 16.2. The monoisotopic (exact) mass is 415 g/mol. The van der Waals surface area contributed by atoms with E-state index in [2.05, 4.69) is 30.4 Å². The van der Waals surface area contributed by atoms with E-state index < -0.39 is 0 Å². The summed E-state index contributed by atoms with van der Waals surface area (Å²) in [6, 6.07) is 0.291. The average Bonchev–Trinajstić information content (AvgIpc) is 3.11. The third kappa shape index (κ3) is 5.21. The lowest BCUT2D eigenvalue weighted by Gasteiger charge is -2.30. The van der Waals surface area contributed by atoms with Gasteiger partial charge in [-0.3, -0.25) is 4.79 Å². The molecule has 1 amide bonds. The second kappa shape index (κ2) is 10.4. The van der Waals surface area contributed by atoms with E-state index in [1.54, 1.807) is 6.33 Å². The molecule has 1 atom stereocenters. The quantitative estimate of drug-likeness (QED) is 0.685. The van der Waals surface area contributed by atoms with E-state index in [0.29, 0.717) is 19.1 Å². The normalized spacial score (nSPS) is 23.6. The molecule has 4 rings (SSSR count). The van der Waals surface area contributed by atoms with Crippen LogP contribution < -0.4 is 15.5 Å². The first-order valence-electron chi connectivity index (χ1n) is 11.7. The fourth-order valence-electron chi connectivity index (χ4n) is 4.99. The molecule has 8 heteroatoms. The molecule has 2 fully saturated rings. The van der Waals surface area contributed by atoms with Crippen molar-refractivity contribution >= 4 is 17.5 Å². The van der Waals surface area contributed by atoms with Crippen LogP contribution in [0.25, 0.3) is 0 Å². The van der Waals surface area contributed by atoms with E-state index in [9.17, 15) is 4.79 Å². The summed E-state index contributed by atoms with van der Waals surface area (Å²) >= 11 is 0. The van der Waals surface area contributed by atoms with Crippen LogP contribution in [-0.2, 0) is 11.3 Å².